The van der Waals surface area contributed by atoms with E-state index in [-0.39, 0.29) is 0 Å². The van der Waals surface area contributed by atoms with Crippen LogP contribution in [0.2, 0.25) is 0 Å². The maximum atomic E-state index is 4.00. The molecule has 1 nitrogen and oxygen atoms in total. The number of halogens is 1. The maximum absolute atomic E-state index is 4.00. The first kappa shape index (κ1) is 31.1. The highest BCUT2D eigenvalue weighted by Crippen LogP contribution is 2.58. The lowest BCUT2D eigenvalue weighted by molar-refractivity contribution is 0.764. The van der Waals surface area contributed by atoms with Gasteiger partial charge in [-0.25, -0.2) is 0 Å². The van der Waals surface area contributed by atoms with Gasteiger partial charge in [0.05, 0.1) is 5.41 Å². The lowest BCUT2D eigenvalue weighted by atomic mass is 9.67. The van der Waals surface area contributed by atoms with Crippen molar-refractivity contribution in [3.8, 4) is 33.4 Å². The van der Waals surface area contributed by atoms with Gasteiger partial charge in [-0.15, -0.1) is 0 Å². The topological polar surface area (TPSA) is 3.24 Å². The van der Waals surface area contributed by atoms with Gasteiger partial charge < -0.3 is 4.90 Å². The first-order valence-corrected chi connectivity index (χ1v) is 18.2. The number of nitrogens with zero attached hydrogens (tertiary/aromatic N) is 1. The van der Waals surface area contributed by atoms with Crippen molar-refractivity contribution >= 4 is 33.0 Å². The fraction of sp³-hybridized carbons (Fsp3) is 0.0204. The molecule has 0 fully saturated rings. The Kier molecular flexibility index (Phi) is 7.95. The number of fused-ring (bicyclic) bond motifs is 3. The van der Waals surface area contributed by atoms with E-state index < -0.39 is 5.41 Å². The fourth-order valence-corrected chi connectivity index (χ4v) is 8.51. The second kappa shape index (κ2) is 13.1. The number of benzene rings is 8. The molecule has 1 atom stereocenters. The summed E-state index contributed by atoms with van der Waals surface area (Å²) in [5.74, 6) is 0. The molecule has 1 aliphatic carbocycles. The van der Waals surface area contributed by atoms with Gasteiger partial charge >= 0.3 is 0 Å². The van der Waals surface area contributed by atoms with Crippen LogP contribution in [0.15, 0.2) is 211 Å². The molecular weight excluding hydrogens is 682 g/mol. The zero-order chi connectivity index (χ0) is 34.2. The Morgan fingerprint density at radius 1 is 0.333 bits per heavy atom. The Labute approximate surface area is 308 Å². The van der Waals surface area contributed by atoms with Crippen LogP contribution < -0.4 is 4.90 Å². The second-order valence-electron chi connectivity index (χ2n) is 13.0. The number of rotatable bonds is 7. The average molecular weight is 717 g/mol. The van der Waals surface area contributed by atoms with Crippen LogP contribution >= 0.6 is 15.9 Å². The predicted octanol–water partition coefficient (Wildman–Crippen LogP) is 13.6. The van der Waals surface area contributed by atoms with Gasteiger partial charge in [-0.2, -0.15) is 0 Å². The summed E-state index contributed by atoms with van der Waals surface area (Å²) in [5, 5.41) is 0. The van der Waals surface area contributed by atoms with E-state index in [1.54, 1.807) is 0 Å². The quantitative estimate of drug-likeness (QED) is 0.159. The summed E-state index contributed by atoms with van der Waals surface area (Å²) in [6, 6.07) is 74.7. The van der Waals surface area contributed by atoms with Crippen molar-refractivity contribution in [2.24, 2.45) is 0 Å². The van der Waals surface area contributed by atoms with E-state index in [1.165, 1.54) is 55.6 Å². The van der Waals surface area contributed by atoms with Gasteiger partial charge in [-0.1, -0.05) is 180 Å². The fourth-order valence-electron chi connectivity index (χ4n) is 7.93. The van der Waals surface area contributed by atoms with E-state index in [2.05, 4.69) is 227 Å². The summed E-state index contributed by atoms with van der Waals surface area (Å²) in [5.41, 5.74) is 15.1. The van der Waals surface area contributed by atoms with Crippen LogP contribution in [0.1, 0.15) is 22.3 Å². The molecule has 0 radical (unpaired) electrons. The van der Waals surface area contributed by atoms with Crippen LogP contribution in [-0.4, -0.2) is 0 Å². The predicted molar refractivity (Wildman–Crippen MR) is 217 cm³/mol. The van der Waals surface area contributed by atoms with Gasteiger partial charge in [0, 0.05) is 21.5 Å². The smallest absolute Gasteiger partial charge is 0.0725 e. The highest BCUT2D eigenvalue weighted by Gasteiger charge is 2.47. The van der Waals surface area contributed by atoms with Crippen LogP contribution in [0.3, 0.4) is 0 Å². The third-order valence-corrected chi connectivity index (χ3v) is 10.9. The normalized spacial score (nSPS) is 14.5. The Morgan fingerprint density at radius 2 is 0.765 bits per heavy atom. The number of hydrogen-bond donors (Lipinski definition) is 0. The first-order chi connectivity index (χ1) is 25.2. The molecular formula is C49H34BrN. The summed E-state index contributed by atoms with van der Waals surface area (Å²) < 4.78 is 1.09. The molecule has 0 spiro atoms. The molecule has 9 rings (SSSR count). The summed E-state index contributed by atoms with van der Waals surface area (Å²) in [4.78, 5) is 2.39. The van der Waals surface area contributed by atoms with Gasteiger partial charge in [0.2, 0.25) is 0 Å². The highest BCUT2D eigenvalue weighted by molar-refractivity contribution is 9.10. The van der Waals surface area contributed by atoms with E-state index in [1.807, 2.05) is 0 Å². The standard InChI is InChI=1S/C49H34BrN/c50-48-23-13-12-22-46(48)49(39-18-8-3-9-19-39)45-21-11-10-20-43(45)44-33-32-42(34-47(44)49)51(40-28-24-37(25-29-40)35-14-4-1-5-15-35)41-30-26-38(27-31-41)36-16-6-2-7-17-36/h1-34H/t49-/m1/s1. The molecule has 8 aromatic rings. The number of hydrogen-bond acceptors (Lipinski definition) is 1. The van der Waals surface area contributed by atoms with Crippen molar-refractivity contribution in [1.82, 2.24) is 0 Å². The van der Waals surface area contributed by atoms with Crippen molar-refractivity contribution in [2.45, 2.75) is 5.41 Å². The molecule has 8 aromatic carbocycles. The van der Waals surface area contributed by atoms with E-state index >= 15 is 0 Å². The third kappa shape index (κ3) is 5.31. The monoisotopic (exact) mass is 715 g/mol. The molecule has 1 aliphatic rings. The van der Waals surface area contributed by atoms with E-state index in [0.29, 0.717) is 0 Å². The van der Waals surface area contributed by atoms with Crippen molar-refractivity contribution in [3.05, 3.63) is 233 Å². The second-order valence-corrected chi connectivity index (χ2v) is 13.9. The van der Waals surface area contributed by atoms with Crippen molar-refractivity contribution in [2.75, 3.05) is 4.90 Å². The largest absolute Gasteiger partial charge is 0.310 e. The Morgan fingerprint density at radius 3 is 1.33 bits per heavy atom. The van der Waals surface area contributed by atoms with Crippen molar-refractivity contribution in [1.29, 1.82) is 0 Å². The minimum absolute atomic E-state index is 0.525. The molecule has 242 valence electrons. The average Bonchev–Trinajstić information content (AvgIpc) is 3.50. The molecule has 0 aliphatic heterocycles. The molecule has 51 heavy (non-hydrogen) atoms. The summed E-state index contributed by atoms with van der Waals surface area (Å²) in [6.45, 7) is 0. The first-order valence-electron chi connectivity index (χ1n) is 17.4. The Balaban J connectivity index is 1.27. The minimum atomic E-state index is -0.525. The van der Waals surface area contributed by atoms with Crippen molar-refractivity contribution in [3.63, 3.8) is 0 Å². The summed E-state index contributed by atoms with van der Waals surface area (Å²) in [6.07, 6.45) is 0. The zero-order valence-electron chi connectivity index (χ0n) is 28.0. The van der Waals surface area contributed by atoms with Gasteiger partial charge in [-0.3, -0.25) is 0 Å². The molecule has 0 aromatic heterocycles. The van der Waals surface area contributed by atoms with Crippen LogP contribution in [0.4, 0.5) is 17.1 Å². The molecule has 2 heteroatoms. The molecule has 0 saturated carbocycles. The molecule has 0 bridgehead atoms. The van der Waals surface area contributed by atoms with Gasteiger partial charge in [0.1, 0.15) is 0 Å². The number of anilines is 3. The van der Waals surface area contributed by atoms with Crippen LogP contribution in [-0.2, 0) is 5.41 Å². The van der Waals surface area contributed by atoms with Crippen LogP contribution in [0.5, 0.6) is 0 Å². The van der Waals surface area contributed by atoms with Gasteiger partial charge in [0.15, 0.2) is 0 Å². The molecule has 0 saturated heterocycles. The molecule has 0 N–H and O–H groups in total. The van der Waals surface area contributed by atoms with Gasteiger partial charge in [0.25, 0.3) is 0 Å². The molecule has 0 unspecified atom stereocenters. The zero-order valence-corrected chi connectivity index (χ0v) is 29.5. The molecule has 0 amide bonds. The molecule has 0 heterocycles. The van der Waals surface area contributed by atoms with E-state index in [4.69, 9.17) is 0 Å². The highest BCUT2D eigenvalue weighted by atomic mass is 79.9. The minimum Gasteiger partial charge on any atom is -0.310 e. The third-order valence-electron chi connectivity index (χ3n) is 10.2. The van der Waals surface area contributed by atoms with Crippen LogP contribution in [0, 0.1) is 0 Å². The van der Waals surface area contributed by atoms with Crippen molar-refractivity contribution < 1.29 is 0 Å². The lowest BCUT2D eigenvalue weighted by Gasteiger charge is -2.35. The SMILES string of the molecule is Brc1ccccc1[C@@]1(c2ccccc2)c2ccccc2-c2ccc(N(c3ccc(-c4ccccc4)cc3)c3ccc(-c4ccccc4)cc3)cc21. The maximum Gasteiger partial charge on any atom is 0.0725 e. The lowest BCUT2D eigenvalue weighted by Crippen LogP contribution is -2.29. The summed E-state index contributed by atoms with van der Waals surface area (Å²) in [7, 11) is 0. The van der Waals surface area contributed by atoms with E-state index in [9.17, 15) is 0 Å². The van der Waals surface area contributed by atoms with Crippen LogP contribution in [0.25, 0.3) is 33.4 Å². The van der Waals surface area contributed by atoms with E-state index in [0.717, 1.165) is 21.5 Å². The summed E-state index contributed by atoms with van der Waals surface area (Å²) >= 11 is 4.00. The Hall–Kier alpha value is -5.96. The Bertz CT molecular complexity index is 2370. The van der Waals surface area contributed by atoms with Gasteiger partial charge in [-0.05, 0) is 98.1 Å².